The summed E-state index contributed by atoms with van der Waals surface area (Å²) in [6.07, 6.45) is 0. The number of anilines is 1. The number of nitriles is 1. The highest BCUT2D eigenvalue weighted by Gasteiger charge is 2.05. The van der Waals surface area contributed by atoms with Gasteiger partial charge in [-0.05, 0) is 30.3 Å². The Kier molecular flexibility index (Phi) is 4.35. The van der Waals surface area contributed by atoms with Gasteiger partial charge in [0.15, 0.2) is 0 Å². The van der Waals surface area contributed by atoms with Crippen molar-refractivity contribution in [2.24, 2.45) is 0 Å². The summed E-state index contributed by atoms with van der Waals surface area (Å²) in [7, 11) is 0. The number of rotatable bonds is 3. The van der Waals surface area contributed by atoms with Crippen LogP contribution in [-0.2, 0) is 6.54 Å². The van der Waals surface area contributed by atoms with Crippen LogP contribution in [0.1, 0.15) is 11.1 Å². The molecular weight excluding hydrogens is 333 g/mol. The lowest BCUT2D eigenvalue weighted by molar-refractivity contribution is 0.612. The molecule has 3 nitrogen and oxygen atoms in total. The molecule has 0 aliphatic carbocycles. The molecule has 2 aromatic rings. The lowest BCUT2D eigenvalue weighted by Gasteiger charge is -2.08. The average Bonchev–Trinajstić information content (AvgIpc) is 2.39. The number of aromatic nitrogens is 1. The third-order valence-electron chi connectivity index (χ3n) is 2.39. The van der Waals surface area contributed by atoms with Gasteiger partial charge < -0.3 is 5.32 Å². The molecule has 1 heterocycles. The van der Waals surface area contributed by atoms with Crippen LogP contribution >= 0.6 is 27.5 Å². The Labute approximate surface area is 123 Å². The van der Waals surface area contributed by atoms with Gasteiger partial charge in [0, 0.05) is 16.6 Å². The SMILES string of the molecule is N#Cc1cc(Cl)nc(NCc2cc(Br)ccc2F)c1. The minimum Gasteiger partial charge on any atom is -0.366 e. The minimum atomic E-state index is -0.307. The fourth-order valence-corrected chi connectivity index (χ4v) is 2.13. The molecular formula is C13H8BrClFN3. The van der Waals surface area contributed by atoms with E-state index in [0.717, 1.165) is 4.47 Å². The molecule has 6 heteroatoms. The maximum absolute atomic E-state index is 13.5. The molecule has 0 aliphatic heterocycles. The van der Waals surface area contributed by atoms with Crippen molar-refractivity contribution < 1.29 is 4.39 Å². The maximum Gasteiger partial charge on any atom is 0.132 e. The molecule has 2 rings (SSSR count). The first-order valence-electron chi connectivity index (χ1n) is 5.34. The van der Waals surface area contributed by atoms with Crippen molar-refractivity contribution in [3.05, 3.63) is 56.9 Å². The minimum absolute atomic E-state index is 0.219. The molecule has 0 amide bonds. The van der Waals surface area contributed by atoms with E-state index in [1.807, 2.05) is 6.07 Å². The molecule has 0 aliphatic rings. The second-order valence-corrected chi connectivity index (χ2v) is 5.07. The number of nitrogens with one attached hydrogen (secondary N) is 1. The molecule has 0 radical (unpaired) electrons. The maximum atomic E-state index is 13.5. The first-order chi connectivity index (χ1) is 9.08. The topological polar surface area (TPSA) is 48.7 Å². The lowest BCUT2D eigenvalue weighted by atomic mass is 10.2. The van der Waals surface area contributed by atoms with Crippen LogP contribution in [0.2, 0.25) is 5.15 Å². The van der Waals surface area contributed by atoms with E-state index in [9.17, 15) is 4.39 Å². The number of pyridine rings is 1. The first-order valence-corrected chi connectivity index (χ1v) is 6.51. The Hall–Kier alpha value is -1.64. The molecule has 0 saturated carbocycles. The van der Waals surface area contributed by atoms with Gasteiger partial charge in [0.25, 0.3) is 0 Å². The molecule has 0 fully saturated rings. The summed E-state index contributed by atoms with van der Waals surface area (Å²) in [6, 6.07) is 9.69. The van der Waals surface area contributed by atoms with Gasteiger partial charge in [-0.2, -0.15) is 5.26 Å². The van der Waals surface area contributed by atoms with E-state index < -0.39 is 0 Å². The Bertz CT molecular complexity index is 655. The summed E-state index contributed by atoms with van der Waals surface area (Å²) in [5.41, 5.74) is 0.895. The third kappa shape index (κ3) is 3.66. The van der Waals surface area contributed by atoms with E-state index in [4.69, 9.17) is 16.9 Å². The zero-order valence-corrected chi connectivity index (χ0v) is 12.0. The van der Waals surface area contributed by atoms with Crippen LogP contribution in [0.4, 0.5) is 10.2 Å². The summed E-state index contributed by atoms with van der Waals surface area (Å²) >= 11 is 9.07. The predicted octanol–water partition coefficient (Wildman–Crippen LogP) is 4.12. The number of hydrogen-bond donors (Lipinski definition) is 1. The highest BCUT2D eigenvalue weighted by molar-refractivity contribution is 9.10. The number of halogens is 3. The number of benzene rings is 1. The monoisotopic (exact) mass is 339 g/mol. The molecule has 0 atom stereocenters. The van der Waals surface area contributed by atoms with E-state index in [0.29, 0.717) is 16.9 Å². The first kappa shape index (κ1) is 13.8. The highest BCUT2D eigenvalue weighted by Crippen LogP contribution is 2.18. The lowest BCUT2D eigenvalue weighted by Crippen LogP contribution is -2.04. The van der Waals surface area contributed by atoms with Crippen molar-refractivity contribution in [3.63, 3.8) is 0 Å². The van der Waals surface area contributed by atoms with Gasteiger partial charge in [-0.3, -0.25) is 0 Å². The molecule has 1 N–H and O–H groups in total. The third-order valence-corrected chi connectivity index (χ3v) is 3.08. The Morgan fingerprint density at radius 2 is 2.16 bits per heavy atom. The van der Waals surface area contributed by atoms with Crippen molar-refractivity contribution in [2.45, 2.75) is 6.54 Å². The smallest absolute Gasteiger partial charge is 0.132 e. The van der Waals surface area contributed by atoms with E-state index in [1.165, 1.54) is 12.1 Å². The molecule has 96 valence electrons. The summed E-state index contributed by atoms with van der Waals surface area (Å²) in [6.45, 7) is 0.253. The van der Waals surface area contributed by atoms with Gasteiger partial charge >= 0.3 is 0 Å². The van der Waals surface area contributed by atoms with E-state index in [-0.39, 0.29) is 17.5 Å². The van der Waals surface area contributed by atoms with Crippen LogP contribution in [-0.4, -0.2) is 4.98 Å². The quantitative estimate of drug-likeness (QED) is 0.855. The van der Waals surface area contributed by atoms with Crippen molar-refractivity contribution >= 4 is 33.3 Å². The van der Waals surface area contributed by atoms with Crippen molar-refractivity contribution in [1.82, 2.24) is 4.98 Å². The second-order valence-electron chi connectivity index (χ2n) is 3.76. The summed E-state index contributed by atoms with van der Waals surface area (Å²) < 4.78 is 14.3. The Morgan fingerprint density at radius 3 is 2.89 bits per heavy atom. The van der Waals surface area contributed by atoms with Gasteiger partial charge in [0.05, 0.1) is 11.6 Å². The van der Waals surface area contributed by atoms with Crippen molar-refractivity contribution in [3.8, 4) is 6.07 Å². The normalized spacial score (nSPS) is 10.0. The largest absolute Gasteiger partial charge is 0.366 e. The zero-order chi connectivity index (χ0) is 13.8. The molecule has 0 unspecified atom stereocenters. The average molecular weight is 341 g/mol. The van der Waals surface area contributed by atoms with Crippen LogP contribution in [0.25, 0.3) is 0 Å². The van der Waals surface area contributed by atoms with Gasteiger partial charge in [-0.1, -0.05) is 27.5 Å². The Morgan fingerprint density at radius 1 is 1.37 bits per heavy atom. The molecule has 1 aromatic heterocycles. The molecule has 1 aromatic carbocycles. The zero-order valence-electron chi connectivity index (χ0n) is 9.62. The predicted molar refractivity (Wildman–Crippen MR) is 75.4 cm³/mol. The molecule has 19 heavy (non-hydrogen) atoms. The van der Waals surface area contributed by atoms with E-state index >= 15 is 0 Å². The van der Waals surface area contributed by atoms with E-state index in [1.54, 1.807) is 18.2 Å². The highest BCUT2D eigenvalue weighted by atomic mass is 79.9. The van der Waals surface area contributed by atoms with Gasteiger partial charge in [0.2, 0.25) is 0 Å². The van der Waals surface area contributed by atoms with Crippen LogP contribution in [0.3, 0.4) is 0 Å². The summed E-state index contributed by atoms with van der Waals surface area (Å²) in [5, 5.41) is 12.0. The summed E-state index contributed by atoms with van der Waals surface area (Å²) in [5.74, 6) is 0.127. The van der Waals surface area contributed by atoms with Crippen molar-refractivity contribution in [2.75, 3.05) is 5.32 Å². The number of hydrogen-bond acceptors (Lipinski definition) is 3. The standard InChI is InChI=1S/C13H8BrClFN3/c14-10-1-2-11(16)9(5-10)7-18-13-4-8(6-17)3-12(15)19-13/h1-5H,7H2,(H,18,19). The van der Waals surface area contributed by atoms with Gasteiger partial charge in [0.1, 0.15) is 16.8 Å². The van der Waals surface area contributed by atoms with Crippen LogP contribution in [0.15, 0.2) is 34.8 Å². The Balaban J connectivity index is 2.17. The molecule has 0 bridgehead atoms. The number of nitrogens with zero attached hydrogens (tertiary/aromatic N) is 2. The second kappa shape index (κ2) is 6.00. The van der Waals surface area contributed by atoms with E-state index in [2.05, 4.69) is 26.2 Å². The van der Waals surface area contributed by atoms with Gasteiger partial charge in [-0.25, -0.2) is 9.37 Å². The van der Waals surface area contributed by atoms with Crippen LogP contribution in [0.5, 0.6) is 0 Å². The molecule has 0 spiro atoms. The van der Waals surface area contributed by atoms with Crippen LogP contribution < -0.4 is 5.32 Å². The van der Waals surface area contributed by atoms with Gasteiger partial charge in [-0.15, -0.1) is 0 Å². The fourth-order valence-electron chi connectivity index (χ4n) is 1.52. The van der Waals surface area contributed by atoms with Crippen LogP contribution in [0, 0.1) is 17.1 Å². The molecule has 0 saturated heterocycles. The fraction of sp³-hybridized carbons (Fsp3) is 0.0769. The summed E-state index contributed by atoms with van der Waals surface area (Å²) in [4.78, 5) is 4.02. The van der Waals surface area contributed by atoms with Crippen molar-refractivity contribution in [1.29, 1.82) is 5.26 Å².